The van der Waals surface area contributed by atoms with Gasteiger partial charge in [-0.05, 0) is 17.7 Å². The van der Waals surface area contributed by atoms with Crippen molar-refractivity contribution in [2.24, 2.45) is 5.73 Å². The number of rotatable bonds is 3. The van der Waals surface area contributed by atoms with E-state index in [1.54, 1.807) is 17.3 Å². The number of nitrogens with two attached hydrogens (primary N) is 1. The molecule has 6 heteroatoms. The monoisotopic (exact) mass is 301 g/mol. The molecular weight excluding hydrogens is 294 g/mol. The summed E-state index contributed by atoms with van der Waals surface area (Å²) >= 11 is 6.56. The van der Waals surface area contributed by atoms with Crippen LogP contribution in [-0.4, -0.2) is 10.2 Å². The third-order valence-electron chi connectivity index (χ3n) is 1.79. The zero-order valence-electron chi connectivity index (χ0n) is 7.68. The van der Waals surface area contributed by atoms with Crippen LogP contribution in [0.2, 0.25) is 0 Å². The van der Waals surface area contributed by atoms with Crippen LogP contribution in [0.15, 0.2) is 37.4 Å². The fourth-order valence-corrected chi connectivity index (χ4v) is 3.22. The molecule has 0 radical (unpaired) electrons. The van der Waals surface area contributed by atoms with Crippen molar-refractivity contribution >= 4 is 39.0 Å². The number of hydrogen-bond acceptors (Lipinski definition) is 5. The second kappa shape index (κ2) is 5.07. The summed E-state index contributed by atoms with van der Waals surface area (Å²) in [6.45, 7) is 0.536. The van der Waals surface area contributed by atoms with Gasteiger partial charge in [-0.2, -0.15) is 0 Å². The van der Waals surface area contributed by atoms with Crippen LogP contribution < -0.4 is 5.73 Å². The van der Waals surface area contributed by atoms with Gasteiger partial charge in [0.05, 0.1) is 0 Å². The molecule has 0 amide bonds. The fraction of sp³-hybridized carbons (Fsp3) is 0.111. The average Bonchev–Trinajstić information content (AvgIpc) is 2.71. The van der Waals surface area contributed by atoms with Crippen molar-refractivity contribution < 1.29 is 0 Å². The van der Waals surface area contributed by atoms with Gasteiger partial charge in [0.1, 0.15) is 5.51 Å². The maximum absolute atomic E-state index is 5.67. The Bertz CT molecular complexity index is 445. The van der Waals surface area contributed by atoms with Crippen molar-refractivity contribution in [3.63, 3.8) is 0 Å². The molecule has 1 heterocycles. The molecule has 0 bridgehead atoms. The molecule has 78 valence electrons. The summed E-state index contributed by atoms with van der Waals surface area (Å²) in [5.74, 6) is 0. The lowest BCUT2D eigenvalue weighted by atomic mass is 10.2. The van der Waals surface area contributed by atoms with Crippen LogP contribution in [0.3, 0.4) is 0 Å². The molecule has 0 fully saturated rings. The maximum atomic E-state index is 5.67. The van der Waals surface area contributed by atoms with E-state index in [-0.39, 0.29) is 0 Å². The highest BCUT2D eigenvalue weighted by molar-refractivity contribution is 9.10. The van der Waals surface area contributed by atoms with Crippen LogP contribution >= 0.6 is 39.0 Å². The molecule has 15 heavy (non-hydrogen) atoms. The summed E-state index contributed by atoms with van der Waals surface area (Å²) in [7, 11) is 0. The number of hydrogen-bond donors (Lipinski definition) is 1. The topological polar surface area (TPSA) is 51.8 Å². The highest BCUT2D eigenvalue weighted by Gasteiger charge is 2.06. The van der Waals surface area contributed by atoms with E-state index in [2.05, 4.69) is 26.1 Å². The van der Waals surface area contributed by atoms with Crippen LogP contribution in [-0.2, 0) is 6.54 Å². The minimum absolute atomic E-state index is 0.536. The van der Waals surface area contributed by atoms with Gasteiger partial charge in [-0.1, -0.05) is 45.1 Å². The summed E-state index contributed by atoms with van der Waals surface area (Å²) in [5.41, 5.74) is 8.52. The smallest absolute Gasteiger partial charge is 0.178 e. The molecule has 0 saturated carbocycles. The SMILES string of the molecule is NCc1ccc(Br)cc1Sc1nncs1. The molecule has 1 aromatic carbocycles. The molecule has 0 saturated heterocycles. The summed E-state index contributed by atoms with van der Waals surface area (Å²) in [5, 5.41) is 7.79. The van der Waals surface area contributed by atoms with Gasteiger partial charge in [0.25, 0.3) is 0 Å². The first-order valence-corrected chi connectivity index (χ1v) is 6.71. The highest BCUT2D eigenvalue weighted by atomic mass is 79.9. The molecule has 0 atom stereocenters. The molecule has 0 aliphatic carbocycles. The Morgan fingerprint density at radius 1 is 1.47 bits per heavy atom. The summed E-state index contributed by atoms with van der Waals surface area (Å²) in [6.07, 6.45) is 0. The van der Waals surface area contributed by atoms with Crippen LogP contribution in [0.25, 0.3) is 0 Å². The van der Waals surface area contributed by atoms with Crippen LogP contribution in [0.5, 0.6) is 0 Å². The van der Waals surface area contributed by atoms with Gasteiger partial charge in [-0.25, -0.2) is 0 Å². The van der Waals surface area contributed by atoms with Gasteiger partial charge < -0.3 is 5.73 Å². The molecule has 1 aromatic heterocycles. The Morgan fingerprint density at radius 2 is 2.33 bits per heavy atom. The second-order valence-corrected chi connectivity index (χ2v) is 5.80. The Labute approximate surface area is 104 Å². The first-order valence-electron chi connectivity index (χ1n) is 4.22. The molecular formula is C9H8BrN3S2. The van der Waals surface area contributed by atoms with E-state index in [4.69, 9.17) is 5.73 Å². The Balaban J connectivity index is 2.30. The number of benzene rings is 1. The Hall–Kier alpha value is -0.430. The molecule has 3 nitrogen and oxygen atoms in total. The zero-order chi connectivity index (χ0) is 10.7. The van der Waals surface area contributed by atoms with Crippen molar-refractivity contribution in [2.45, 2.75) is 15.8 Å². The summed E-state index contributed by atoms with van der Waals surface area (Å²) in [6, 6.07) is 6.06. The predicted molar refractivity (Wildman–Crippen MR) is 66.1 cm³/mol. The highest BCUT2D eigenvalue weighted by Crippen LogP contribution is 2.32. The van der Waals surface area contributed by atoms with E-state index in [1.807, 2.05) is 18.2 Å². The van der Waals surface area contributed by atoms with Crippen LogP contribution in [0.4, 0.5) is 0 Å². The summed E-state index contributed by atoms with van der Waals surface area (Å²) in [4.78, 5) is 1.13. The molecule has 0 unspecified atom stereocenters. The standard InChI is InChI=1S/C9H8BrN3S2/c10-7-2-1-6(4-11)8(3-7)15-9-13-12-5-14-9/h1-3,5H,4,11H2. The van der Waals surface area contributed by atoms with E-state index in [9.17, 15) is 0 Å². The summed E-state index contributed by atoms with van der Waals surface area (Å²) < 4.78 is 1.98. The first-order chi connectivity index (χ1) is 7.29. The van der Waals surface area contributed by atoms with Gasteiger partial charge in [-0.3, -0.25) is 0 Å². The van der Waals surface area contributed by atoms with E-state index in [0.29, 0.717) is 6.54 Å². The van der Waals surface area contributed by atoms with Gasteiger partial charge in [-0.15, -0.1) is 10.2 Å². The first kappa shape index (κ1) is 11.1. The third-order valence-corrected chi connectivity index (χ3v) is 4.16. The van der Waals surface area contributed by atoms with E-state index >= 15 is 0 Å². The van der Waals surface area contributed by atoms with Crippen LogP contribution in [0, 0.1) is 0 Å². The minimum Gasteiger partial charge on any atom is -0.326 e. The van der Waals surface area contributed by atoms with Gasteiger partial charge in [0.15, 0.2) is 4.34 Å². The predicted octanol–water partition coefficient (Wildman–Crippen LogP) is 2.91. The van der Waals surface area contributed by atoms with Crippen molar-refractivity contribution in [2.75, 3.05) is 0 Å². The molecule has 2 N–H and O–H groups in total. The maximum Gasteiger partial charge on any atom is 0.178 e. The molecule has 0 aliphatic rings. The molecule has 2 rings (SSSR count). The van der Waals surface area contributed by atoms with Crippen molar-refractivity contribution in [3.05, 3.63) is 33.7 Å². The van der Waals surface area contributed by atoms with E-state index in [0.717, 1.165) is 19.3 Å². The lowest BCUT2D eigenvalue weighted by molar-refractivity contribution is 1.000. The van der Waals surface area contributed by atoms with Gasteiger partial charge >= 0.3 is 0 Å². The molecule has 2 aromatic rings. The van der Waals surface area contributed by atoms with Crippen LogP contribution in [0.1, 0.15) is 5.56 Å². The Morgan fingerprint density at radius 3 is 3.00 bits per heavy atom. The largest absolute Gasteiger partial charge is 0.326 e. The van der Waals surface area contributed by atoms with Crippen molar-refractivity contribution in [1.82, 2.24) is 10.2 Å². The minimum atomic E-state index is 0.536. The normalized spacial score (nSPS) is 10.5. The lowest BCUT2D eigenvalue weighted by Gasteiger charge is -2.05. The van der Waals surface area contributed by atoms with Crippen molar-refractivity contribution in [3.8, 4) is 0 Å². The van der Waals surface area contributed by atoms with Gasteiger partial charge in [0, 0.05) is 15.9 Å². The Kier molecular flexibility index (Phi) is 3.74. The number of nitrogens with zero attached hydrogens (tertiary/aromatic N) is 2. The lowest BCUT2D eigenvalue weighted by Crippen LogP contribution is -1.97. The molecule has 0 aliphatic heterocycles. The number of aromatic nitrogens is 2. The fourth-order valence-electron chi connectivity index (χ4n) is 1.09. The number of halogens is 1. The quantitative estimate of drug-likeness (QED) is 0.947. The third kappa shape index (κ3) is 2.78. The van der Waals surface area contributed by atoms with Crippen molar-refractivity contribution in [1.29, 1.82) is 0 Å². The zero-order valence-corrected chi connectivity index (χ0v) is 10.9. The van der Waals surface area contributed by atoms with E-state index < -0.39 is 0 Å². The molecule has 0 spiro atoms. The average molecular weight is 302 g/mol. The van der Waals surface area contributed by atoms with Gasteiger partial charge in [0.2, 0.25) is 0 Å². The second-order valence-electron chi connectivity index (χ2n) is 2.76. The van der Waals surface area contributed by atoms with E-state index in [1.165, 1.54) is 11.3 Å².